The molecule has 2 heterocycles. The lowest BCUT2D eigenvalue weighted by atomic mass is 10.2. The van der Waals surface area contributed by atoms with Crippen LogP contribution in [0.1, 0.15) is 23.0 Å². The molecule has 0 radical (unpaired) electrons. The lowest BCUT2D eigenvalue weighted by Gasteiger charge is -2.22. The number of nitrogens with one attached hydrogen (secondary N) is 2. The number of nitrogens with zero attached hydrogens (tertiary/aromatic N) is 1. The number of furan rings is 1. The van der Waals surface area contributed by atoms with E-state index >= 15 is 0 Å². The van der Waals surface area contributed by atoms with Gasteiger partial charge in [-0.25, -0.2) is 0 Å². The van der Waals surface area contributed by atoms with E-state index in [1.54, 1.807) is 17.0 Å². The second kappa shape index (κ2) is 8.72. The Balaban J connectivity index is 1.92. The van der Waals surface area contributed by atoms with Gasteiger partial charge >= 0.3 is 0 Å². The average Bonchev–Trinajstić information content (AvgIpc) is 3.11. The SMILES string of the molecule is CCN(CCNC(=O)Cc1ccco1)C(=O)c1c[nH]c(=O)cc1OC. The molecule has 0 aliphatic carbocycles. The first-order valence-corrected chi connectivity index (χ1v) is 7.90. The molecule has 2 N–H and O–H groups in total. The van der Waals surface area contributed by atoms with Crippen LogP contribution in [-0.4, -0.2) is 48.4 Å². The number of rotatable bonds is 8. The van der Waals surface area contributed by atoms with Crippen molar-refractivity contribution in [2.45, 2.75) is 13.3 Å². The van der Waals surface area contributed by atoms with E-state index < -0.39 is 0 Å². The predicted molar refractivity (Wildman–Crippen MR) is 90.6 cm³/mol. The molecule has 0 fully saturated rings. The number of ether oxygens (including phenoxy) is 1. The van der Waals surface area contributed by atoms with Crippen LogP contribution in [0.4, 0.5) is 0 Å². The fraction of sp³-hybridized carbons (Fsp3) is 0.353. The van der Waals surface area contributed by atoms with E-state index in [0.717, 1.165) is 0 Å². The summed E-state index contributed by atoms with van der Waals surface area (Å²) in [5.41, 5.74) is -0.0764. The number of carbonyl (C=O) groups excluding carboxylic acids is 2. The summed E-state index contributed by atoms with van der Waals surface area (Å²) in [7, 11) is 1.40. The maximum absolute atomic E-state index is 12.6. The van der Waals surface area contributed by atoms with E-state index in [0.29, 0.717) is 25.4 Å². The first-order chi connectivity index (χ1) is 12.0. The first kappa shape index (κ1) is 18.3. The molecule has 0 saturated heterocycles. The van der Waals surface area contributed by atoms with Crippen LogP contribution in [0.15, 0.2) is 39.9 Å². The number of hydrogen-bond donors (Lipinski definition) is 2. The molecule has 0 saturated carbocycles. The number of aromatic nitrogens is 1. The van der Waals surface area contributed by atoms with Gasteiger partial charge in [-0.3, -0.25) is 14.4 Å². The van der Waals surface area contributed by atoms with Gasteiger partial charge < -0.3 is 24.4 Å². The van der Waals surface area contributed by atoms with E-state index in [1.807, 2.05) is 6.92 Å². The predicted octanol–water partition coefficient (Wildman–Crippen LogP) is 0.797. The Hall–Kier alpha value is -3.03. The molecule has 8 nitrogen and oxygen atoms in total. The highest BCUT2D eigenvalue weighted by Crippen LogP contribution is 2.16. The van der Waals surface area contributed by atoms with Crippen molar-refractivity contribution in [3.8, 4) is 5.75 Å². The largest absolute Gasteiger partial charge is 0.496 e. The Morgan fingerprint density at radius 2 is 2.20 bits per heavy atom. The Morgan fingerprint density at radius 3 is 2.84 bits per heavy atom. The Morgan fingerprint density at radius 1 is 1.40 bits per heavy atom. The van der Waals surface area contributed by atoms with Crippen LogP contribution in [0, 0.1) is 0 Å². The molecule has 0 spiro atoms. The zero-order valence-electron chi connectivity index (χ0n) is 14.2. The zero-order valence-corrected chi connectivity index (χ0v) is 14.2. The third-order valence-electron chi connectivity index (χ3n) is 3.62. The molecule has 0 atom stereocenters. The van der Waals surface area contributed by atoms with Crippen molar-refractivity contribution in [3.63, 3.8) is 0 Å². The smallest absolute Gasteiger partial charge is 0.259 e. The highest BCUT2D eigenvalue weighted by Gasteiger charge is 2.19. The molecule has 0 bridgehead atoms. The van der Waals surface area contributed by atoms with Crippen molar-refractivity contribution in [1.29, 1.82) is 0 Å². The molecule has 8 heteroatoms. The van der Waals surface area contributed by atoms with E-state index in [9.17, 15) is 14.4 Å². The fourth-order valence-corrected chi connectivity index (χ4v) is 2.33. The lowest BCUT2D eigenvalue weighted by molar-refractivity contribution is -0.120. The van der Waals surface area contributed by atoms with E-state index in [4.69, 9.17) is 9.15 Å². The summed E-state index contributed by atoms with van der Waals surface area (Å²) in [6.45, 7) is 2.93. The summed E-state index contributed by atoms with van der Waals surface area (Å²) < 4.78 is 10.2. The van der Waals surface area contributed by atoms with Gasteiger partial charge in [0.1, 0.15) is 11.5 Å². The molecule has 2 rings (SSSR count). The minimum atomic E-state index is -0.346. The molecule has 2 aromatic rings. The maximum atomic E-state index is 12.6. The monoisotopic (exact) mass is 347 g/mol. The van der Waals surface area contributed by atoms with Crippen molar-refractivity contribution < 1.29 is 18.7 Å². The van der Waals surface area contributed by atoms with Gasteiger partial charge in [0.05, 0.1) is 25.4 Å². The fourth-order valence-electron chi connectivity index (χ4n) is 2.33. The van der Waals surface area contributed by atoms with E-state index in [1.165, 1.54) is 25.6 Å². The van der Waals surface area contributed by atoms with Crippen LogP contribution in [0.3, 0.4) is 0 Å². The van der Waals surface area contributed by atoms with E-state index in [2.05, 4.69) is 10.3 Å². The molecular formula is C17H21N3O5. The summed E-state index contributed by atoms with van der Waals surface area (Å²) in [6.07, 6.45) is 3.00. The quantitative estimate of drug-likeness (QED) is 0.735. The average molecular weight is 347 g/mol. The van der Waals surface area contributed by atoms with Gasteiger partial charge in [0.15, 0.2) is 0 Å². The van der Waals surface area contributed by atoms with Gasteiger partial charge in [-0.15, -0.1) is 0 Å². The Bertz CT molecular complexity index is 767. The first-order valence-electron chi connectivity index (χ1n) is 7.90. The van der Waals surface area contributed by atoms with Crippen LogP contribution in [0.2, 0.25) is 0 Å². The Kier molecular flexibility index (Phi) is 6.39. The molecule has 2 amide bonds. The number of H-pyrrole nitrogens is 1. The highest BCUT2D eigenvalue weighted by atomic mass is 16.5. The summed E-state index contributed by atoms with van der Waals surface area (Å²) in [6, 6.07) is 4.67. The maximum Gasteiger partial charge on any atom is 0.259 e. The van der Waals surface area contributed by atoms with Crippen molar-refractivity contribution in [3.05, 3.63) is 52.3 Å². The summed E-state index contributed by atoms with van der Waals surface area (Å²) >= 11 is 0. The van der Waals surface area contributed by atoms with Crippen molar-refractivity contribution in [1.82, 2.24) is 15.2 Å². The van der Waals surface area contributed by atoms with Crippen molar-refractivity contribution in [2.24, 2.45) is 0 Å². The number of amides is 2. The van der Waals surface area contributed by atoms with Crippen LogP contribution in [-0.2, 0) is 11.2 Å². The van der Waals surface area contributed by atoms with Crippen LogP contribution in [0.5, 0.6) is 5.75 Å². The Labute approximate surface area is 144 Å². The minimum Gasteiger partial charge on any atom is -0.496 e. The molecule has 2 aromatic heterocycles. The van der Waals surface area contributed by atoms with Gasteiger partial charge in [0.2, 0.25) is 5.91 Å². The van der Waals surface area contributed by atoms with Crippen LogP contribution in [0.25, 0.3) is 0 Å². The summed E-state index contributed by atoms with van der Waals surface area (Å²) in [5.74, 6) is 0.337. The molecule has 134 valence electrons. The molecular weight excluding hydrogens is 326 g/mol. The standard InChI is InChI=1S/C17H21N3O5/c1-3-20(7-6-18-15(21)9-12-5-4-8-25-12)17(23)13-11-19-16(22)10-14(13)24-2/h4-5,8,10-11H,3,6-7,9H2,1-2H3,(H,18,21)(H,19,22). The van der Waals surface area contributed by atoms with E-state index in [-0.39, 0.29) is 35.1 Å². The number of pyridine rings is 1. The minimum absolute atomic E-state index is 0.154. The molecule has 25 heavy (non-hydrogen) atoms. The molecule has 0 aliphatic heterocycles. The molecule has 0 aromatic carbocycles. The van der Waals surface area contributed by atoms with Gasteiger partial charge in [0, 0.05) is 31.9 Å². The van der Waals surface area contributed by atoms with Gasteiger partial charge in [-0.2, -0.15) is 0 Å². The van der Waals surface area contributed by atoms with Gasteiger partial charge in [0.25, 0.3) is 11.5 Å². The van der Waals surface area contributed by atoms with Crippen LogP contribution >= 0.6 is 0 Å². The lowest BCUT2D eigenvalue weighted by Crippen LogP contribution is -2.39. The number of hydrogen-bond acceptors (Lipinski definition) is 5. The third kappa shape index (κ3) is 4.97. The number of carbonyl (C=O) groups is 2. The number of likely N-dealkylation sites (N-methyl/N-ethyl adjacent to an activating group) is 1. The topological polar surface area (TPSA) is 105 Å². The number of aromatic amines is 1. The summed E-state index contributed by atoms with van der Waals surface area (Å²) in [5, 5.41) is 2.75. The molecule has 0 aliphatic rings. The second-order valence-electron chi connectivity index (χ2n) is 5.27. The normalized spacial score (nSPS) is 10.3. The zero-order chi connectivity index (χ0) is 18.2. The number of methoxy groups -OCH3 is 1. The van der Waals surface area contributed by atoms with Crippen LogP contribution < -0.4 is 15.6 Å². The van der Waals surface area contributed by atoms with Crippen molar-refractivity contribution in [2.75, 3.05) is 26.7 Å². The third-order valence-corrected chi connectivity index (χ3v) is 3.62. The molecule has 0 unspecified atom stereocenters. The second-order valence-corrected chi connectivity index (χ2v) is 5.27. The van der Waals surface area contributed by atoms with Gasteiger partial charge in [-0.1, -0.05) is 0 Å². The van der Waals surface area contributed by atoms with Gasteiger partial charge in [-0.05, 0) is 19.1 Å². The van der Waals surface area contributed by atoms with Crippen molar-refractivity contribution >= 4 is 11.8 Å². The summed E-state index contributed by atoms with van der Waals surface area (Å²) in [4.78, 5) is 39.8. The highest BCUT2D eigenvalue weighted by molar-refractivity contribution is 5.96.